The van der Waals surface area contributed by atoms with Gasteiger partial charge in [0.2, 0.25) is 0 Å². The number of rotatable bonds is 5. The van der Waals surface area contributed by atoms with Gasteiger partial charge in [0.1, 0.15) is 5.78 Å². The number of ketones is 1. The SMILES string of the molecule is CC(C)=CCC[C@@]1(C)CC(=O)CC[C@@H]1CC=C(C)C. The van der Waals surface area contributed by atoms with Crippen LogP contribution in [-0.4, -0.2) is 5.78 Å². The highest BCUT2D eigenvalue weighted by Crippen LogP contribution is 2.45. The average molecular weight is 262 g/mol. The molecule has 108 valence electrons. The van der Waals surface area contributed by atoms with Crippen LogP contribution < -0.4 is 0 Å². The fourth-order valence-corrected chi connectivity index (χ4v) is 3.13. The lowest BCUT2D eigenvalue weighted by Gasteiger charge is -2.40. The number of hydrogen-bond acceptors (Lipinski definition) is 1. The Morgan fingerprint density at radius 3 is 2.42 bits per heavy atom. The van der Waals surface area contributed by atoms with Gasteiger partial charge >= 0.3 is 0 Å². The molecule has 0 spiro atoms. The van der Waals surface area contributed by atoms with Crippen LogP contribution in [0.4, 0.5) is 0 Å². The van der Waals surface area contributed by atoms with Crippen molar-refractivity contribution in [3.63, 3.8) is 0 Å². The van der Waals surface area contributed by atoms with E-state index in [4.69, 9.17) is 0 Å². The molecule has 0 radical (unpaired) electrons. The maximum absolute atomic E-state index is 11.8. The van der Waals surface area contributed by atoms with Gasteiger partial charge in [-0.3, -0.25) is 4.79 Å². The molecular formula is C18H30O. The molecule has 0 N–H and O–H groups in total. The summed E-state index contributed by atoms with van der Waals surface area (Å²) in [7, 11) is 0. The van der Waals surface area contributed by atoms with E-state index < -0.39 is 0 Å². The lowest BCUT2D eigenvalue weighted by atomic mass is 9.63. The van der Waals surface area contributed by atoms with Crippen LogP contribution in [0, 0.1) is 11.3 Å². The Morgan fingerprint density at radius 1 is 1.21 bits per heavy atom. The Morgan fingerprint density at radius 2 is 1.84 bits per heavy atom. The van der Waals surface area contributed by atoms with Crippen molar-refractivity contribution in [2.24, 2.45) is 11.3 Å². The summed E-state index contributed by atoms with van der Waals surface area (Å²) in [5.41, 5.74) is 2.97. The molecule has 1 aliphatic rings. The Hall–Kier alpha value is -0.850. The molecule has 0 aliphatic heterocycles. The maximum atomic E-state index is 11.8. The van der Waals surface area contributed by atoms with Crippen molar-refractivity contribution in [2.45, 2.75) is 73.1 Å². The second-order valence-corrected chi connectivity index (χ2v) is 6.94. The van der Waals surface area contributed by atoms with E-state index in [-0.39, 0.29) is 5.41 Å². The quantitative estimate of drug-likeness (QED) is 0.601. The van der Waals surface area contributed by atoms with Gasteiger partial charge < -0.3 is 0 Å². The number of Topliss-reactive ketones (excluding diaryl/α,β-unsaturated/α-hetero) is 1. The largest absolute Gasteiger partial charge is 0.300 e. The zero-order valence-electron chi connectivity index (χ0n) is 13.4. The van der Waals surface area contributed by atoms with Gasteiger partial charge in [-0.05, 0) is 64.7 Å². The van der Waals surface area contributed by atoms with Gasteiger partial charge in [0.05, 0.1) is 0 Å². The van der Waals surface area contributed by atoms with Crippen LogP contribution in [-0.2, 0) is 4.79 Å². The van der Waals surface area contributed by atoms with E-state index >= 15 is 0 Å². The number of carbonyl (C=O) groups is 1. The first-order chi connectivity index (χ1) is 8.83. The normalized spacial score (nSPS) is 27.0. The van der Waals surface area contributed by atoms with Crippen LogP contribution in [0.5, 0.6) is 0 Å². The Bertz CT molecular complexity index is 367. The highest BCUT2D eigenvalue weighted by molar-refractivity contribution is 5.80. The molecule has 1 nitrogen and oxygen atoms in total. The molecule has 1 fully saturated rings. The maximum Gasteiger partial charge on any atom is 0.133 e. The molecule has 19 heavy (non-hydrogen) atoms. The van der Waals surface area contributed by atoms with Crippen molar-refractivity contribution in [2.75, 3.05) is 0 Å². The van der Waals surface area contributed by atoms with Crippen LogP contribution in [0.15, 0.2) is 23.3 Å². The Kier molecular flexibility index (Phi) is 6.03. The highest BCUT2D eigenvalue weighted by atomic mass is 16.1. The monoisotopic (exact) mass is 262 g/mol. The summed E-state index contributed by atoms with van der Waals surface area (Å²) < 4.78 is 0. The third-order valence-corrected chi connectivity index (χ3v) is 4.44. The van der Waals surface area contributed by atoms with Crippen molar-refractivity contribution in [1.82, 2.24) is 0 Å². The van der Waals surface area contributed by atoms with E-state index in [1.165, 1.54) is 11.1 Å². The van der Waals surface area contributed by atoms with Crippen molar-refractivity contribution in [3.05, 3.63) is 23.3 Å². The second-order valence-electron chi connectivity index (χ2n) is 6.94. The Labute approximate surface area is 119 Å². The lowest BCUT2D eigenvalue weighted by molar-refractivity contribution is -0.125. The minimum atomic E-state index is 0.202. The molecule has 0 heterocycles. The van der Waals surface area contributed by atoms with Gasteiger partial charge in [-0.1, -0.05) is 30.2 Å². The first-order valence-electron chi connectivity index (χ1n) is 7.62. The van der Waals surface area contributed by atoms with Gasteiger partial charge in [-0.2, -0.15) is 0 Å². The van der Waals surface area contributed by atoms with Crippen molar-refractivity contribution in [1.29, 1.82) is 0 Å². The van der Waals surface area contributed by atoms with Gasteiger partial charge in [0.25, 0.3) is 0 Å². The molecule has 0 aromatic heterocycles. The summed E-state index contributed by atoms with van der Waals surface area (Å²) in [6.07, 6.45) is 10.7. The van der Waals surface area contributed by atoms with E-state index in [0.717, 1.165) is 38.5 Å². The predicted molar refractivity (Wildman–Crippen MR) is 83.2 cm³/mol. The first kappa shape index (κ1) is 16.2. The average Bonchev–Trinajstić information content (AvgIpc) is 2.26. The zero-order chi connectivity index (χ0) is 14.5. The molecular weight excluding hydrogens is 232 g/mol. The van der Waals surface area contributed by atoms with Gasteiger partial charge in [0, 0.05) is 12.8 Å². The van der Waals surface area contributed by atoms with Gasteiger partial charge in [-0.15, -0.1) is 0 Å². The van der Waals surface area contributed by atoms with E-state index in [0.29, 0.717) is 11.7 Å². The molecule has 0 aromatic rings. The molecule has 0 amide bonds. The molecule has 2 atom stereocenters. The lowest BCUT2D eigenvalue weighted by Crippen LogP contribution is -2.34. The van der Waals surface area contributed by atoms with Crippen molar-refractivity contribution in [3.8, 4) is 0 Å². The number of carbonyl (C=O) groups excluding carboxylic acids is 1. The van der Waals surface area contributed by atoms with Crippen molar-refractivity contribution >= 4 is 5.78 Å². The summed E-state index contributed by atoms with van der Waals surface area (Å²) >= 11 is 0. The standard InChI is InChI=1S/C18H30O/c1-14(2)7-6-12-18(5)13-17(19)11-10-16(18)9-8-15(3)4/h7-8,16H,6,9-13H2,1-5H3/t16-,18-/m0/s1. The van der Waals surface area contributed by atoms with E-state index in [9.17, 15) is 4.79 Å². The smallest absolute Gasteiger partial charge is 0.133 e. The molecule has 0 aromatic carbocycles. The molecule has 1 heteroatoms. The predicted octanol–water partition coefficient (Wildman–Crippen LogP) is 5.46. The number of allylic oxidation sites excluding steroid dienone is 4. The summed E-state index contributed by atoms with van der Waals surface area (Å²) in [5, 5.41) is 0. The van der Waals surface area contributed by atoms with Crippen molar-refractivity contribution < 1.29 is 4.79 Å². The van der Waals surface area contributed by atoms with Crippen LogP contribution in [0.25, 0.3) is 0 Å². The minimum absolute atomic E-state index is 0.202. The third-order valence-electron chi connectivity index (χ3n) is 4.44. The first-order valence-corrected chi connectivity index (χ1v) is 7.62. The molecule has 1 rings (SSSR count). The van der Waals surface area contributed by atoms with E-state index in [1.807, 2.05) is 0 Å². The van der Waals surface area contributed by atoms with Crippen LogP contribution in [0.2, 0.25) is 0 Å². The Balaban J connectivity index is 2.72. The molecule has 1 saturated carbocycles. The minimum Gasteiger partial charge on any atom is -0.300 e. The van der Waals surface area contributed by atoms with E-state index in [2.05, 4.69) is 46.8 Å². The zero-order valence-corrected chi connectivity index (χ0v) is 13.4. The third kappa shape index (κ3) is 5.34. The molecule has 1 aliphatic carbocycles. The summed E-state index contributed by atoms with van der Waals surface area (Å²) in [5.74, 6) is 1.14. The van der Waals surface area contributed by atoms with Crippen LogP contribution in [0.1, 0.15) is 73.1 Å². The summed E-state index contributed by atoms with van der Waals surface area (Å²) in [6, 6.07) is 0. The van der Waals surface area contributed by atoms with Crippen LogP contribution in [0.3, 0.4) is 0 Å². The molecule has 0 bridgehead atoms. The van der Waals surface area contributed by atoms with Crippen LogP contribution >= 0.6 is 0 Å². The summed E-state index contributed by atoms with van der Waals surface area (Å²) in [4.78, 5) is 11.8. The second kappa shape index (κ2) is 7.07. The van der Waals surface area contributed by atoms with Gasteiger partial charge in [-0.25, -0.2) is 0 Å². The van der Waals surface area contributed by atoms with Gasteiger partial charge in [0.15, 0.2) is 0 Å². The highest BCUT2D eigenvalue weighted by Gasteiger charge is 2.38. The fourth-order valence-electron chi connectivity index (χ4n) is 3.13. The summed E-state index contributed by atoms with van der Waals surface area (Å²) in [6.45, 7) is 10.9. The fraction of sp³-hybridized carbons (Fsp3) is 0.722. The van der Waals surface area contributed by atoms with E-state index in [1.54, 1.807) is 0 Å². The number of hydrogen-bond donors (Lipinski definition) is 0. The molecule has 0 unspecified atom stereocenters. The molecule has 0 saturated heterocycles. The topological polar surface area (TPSA) is 17.1 Å².